The molecule has 0 radical (unpaired) electrons. The third-order valence-electron chi connectivity index (χ3n) is 4.12. The average Bonchev–Trinajstić information content (AvgIpc) is 2.37. The van der Waals surface area contributed by atoms with Crippen molar-refractivity contribution >= 4 is 37.1 Å². The number of anilines is 2. The van der Waals surface area contributed by atoms with Crippen LogP contribution in [0.15, 0.2) is 22.7 Å². The number of sulfone groups is 1. The second kappa shape index (κ2) is 5.93. The maximum absolute atomic E-state index is 11.8. The zero-order chi connectivity index (χ0) is 14.9. The second-order valence-electron chi connectivity index (χ2n) is 5.59. The Morgan fingerprint density at radius 3 is 2.65 bits per heavy atom. The summed E-state index contributed by atoms with van der Waals surface area (Å²) in [6.07, 6.45) is 4.76. The fraction of sp³-hybridized carbons (Fsp3) is 0.571. The van der Waals surface area contributed by atoms with E-state index in [2.05, 4.69) is 20.8 Å². The quantitative estimate of drug-likeness (QED) is 0.841. The van der Waals surface area contributed by atoms with E-state index < -0.39 is 9.84 Å². The fourth-order valence-electron chi connectivity index (χ4n) is 2.90. The maximum atomic E-state index is 11.8. The molecule has 2 rings (SSSR count). The van der Waals surface area contributed by atoms with Gasteiger partial charge < -0.3 is 10.6 Å². The highest BCUT2D eigenvalue weighted by Gasteiger charge is 2.31. The molecule has 4 nitrogen and oxygen atoms in total. The molecule has 1 aliphatic rings. The van der Waals surface area contributed by atoms with E-state index in [9.17, 15) is 8.42 Å². The highest BCUT2D eigenvalue weighted by Crippen LogP contribution is 2.33. The van der Waals surface area contributed by atoms with Gasteiger partial charge in [0.05, 0.1) is 16.6 Å². The summed E-state index contributed by atoms with van der Waals surface area (Å²) in [6, 6.07) is 6.04. The Hall–Kier alpha value is -0.750. The van der Waals surface area contributed by atoms with Crippen molar-refractivity contribution in [2.45, 2.75) is 37.0 Å². The number of rotatable bonds is 3. The lowest BCUT2D eigenvalue weighted by atomic mass is 9.93. The minimum atomic E-state index is -2.96. The normalized spacial score (nSPS) is 23.6. The SMILES string of the molecule is CN(c1ccc(Br)cc1N)C1CCCC(S(C)(=O)=O)C1. The molecule has 112 valence electrons. The molecule has 2 atom stereocenters. The van der Waals surface area contributed by atoms with Gasteiger partial charge in [-0.2, -0.15) is 0 Å². The van der Waals surface area contributed by atoms with Crippen LogP contribution in [0, 0.1) is 0 Å². The molecule has 0 heterocycles. The Labute approximate surface area is 129 Å². The topological polar surface area (TPSA) is 63.4 Å². The van der Waals surface area contributed by atoms with Crippen molar-refractivity contribution in [3.05, 3.63) is 22.7 Å². The van der Waals surface area contributed by atoms with E-state index in [1.165, 1.54) is 6.26 Å². The summed E-state index contributed by atoms with van der Waals surface area (Å²) in [7, 11) is -0.962. The largest absolute Gasteiger partial charge is 0.397 e. The van der Waals surface area contributed by atoms with Gasteiger partial charge in [-0.15, -0.1) is 0 Å². The molecule has 0 amide bonds. The molecule has 1 aromatic carbocycles. The van der Waals surface area contributed by atoms with Gasteiger partial charge in [0.25, 0.3) is 0 Å². The number of nitrogen functional groups attached to an aromatic ring is 1. The molecular formula is C14H21BrN2O2S. The summed E-state index contributed by atoms with van der Waals surface area (Å²) in [5.41, 5.74) is 7.74. The van der Waals surface area contributed by atoms with Crippen molar-refractivity contribution < 1.29 is 8.42 Å². The second-order valence-corrected chi connectivity index (χ2v) is 8.83. The van der Waals surface area contributed by atoms with Crippen LogP contribution in [0.3, 0.4) is 0 Å². The Bertz CT molecular complexity index is 589. The Balaban J connectivity index is 2.18. The molecule has 0 aromatic heterocycles. The zero-order valence-corrected chi connectivity index (χ0v) is 14.2. The van der Waals surface area contributed by atoms with Crippen molar-refractivity contribution in [3.8, 4) is 0 Å². The van der Waals surface area contributed by atoms with Crippen molar-refractivity contribution in [1.29, 1.82) is 0 Å². The number of hydrogen-bond donors (Lipinski definition) is 1. The minimum Gasteiger partial charge on any atom is -0.397 e. The summed E-state index contributed by atoms with van der Waals surface area (Å²) in [5.74, 6) is 0. The highest BCUT2D eigenvalue weighted by molar-refractivity contribution is 9.10. The van der Waals surface area contributed by atoms with Crippen LogP contribution in [0.4, 0.5) is 11.4 Å². The average molecular weight is 361 g/mol. The van der Waals surface area contributed by atoms with Gasteiger partial charge in [-0.3, -0.25) is 0 Å². The summed E-state index contributed by atoms with van der Waals surface area (Å²) in [4.78, 5) is 2.12. The summed E-state index contributed by atoms with van der Waals surface area (Å²) in [6.45, 7) is 0. The Kier molecular flexibility index (Phi) is 4.64. The zero-order valence-electron chi connectivity index (χ0n) is 11.8. The molecule has 0 aliphatic heterocycles. The van der Waals surface area contributed by atoms with E-state index in [1.807, 2.05) is 25.2 Å². The fourth-order valence-corrected chi connectivity index (χ4v) is 4.45. The van der Waals surface area contributed by atoms with Crippen LogP contribution in [-0.4, -0.2) is 33.0 Å². The van der Waals surface area contributed by atoms with Gasteiger partial charge in [-0.25, -0.2) is 8.42 Å². The molecule has 0 spiro atoms. The van der Waals surface area contributed by atoms with Crippen LogP contribution in [0.2, 0.25) is 0 Å². The lowest BCUT2D eigenvalue weighted by molar-refractivity contribution is 0.422. The number of nitrogens with zero attached hydrogens (tertiary/aromatic N) is 1. The minimum absolute atomic E-state index is 0.222. The number of nitrogens with two attached hydrogens (primary N) is 1. The van der Waals surface area contributed by atoms with Crippen molar-refractivity contribution in [2.24, 2.45) is 0 Å². The smallest absolute Gasteiger partial charge is 0.150 e. The molecule has 1 fully saturated rings. The molecule has 1 saturated carbocycles. The van der Waals surface area contributed by atoms with Crippen LogP contribution in [0.5, 0.6) is 0 Å². The molecule has 2 unspecified atom stereocenters. The third kappa shape index (κ3) is 3.47. The molecule has 20 heavy (non-hydrogen) atoms. The van der Waals surface area contributed by atoms with E-state index in [0.29, 0.717) is 12.1 Å². The van der Waals surface area contributed by atoms with Gasteiger partial charge in [-0.05, 0) is 37.5 Å². The lowest BCUT2D eigenvalue weighted by Crippen LogP contribution is -2.40. The van der Waals surface area contributed by atoms with Gasteiger partial charge in [0.15, 0.2) is 0 Å². The summed E-state index contributed by atoms with van der Waals surface area (Å²) < 4.78 is 24.5. The lowest BCUT2D eigenvalue weighted by Gasteiger charge is -2.36. The first kappa shape index (κ1) is 15.6. The Morgan fingerprint density at radius 1 is 1.35 bits per heavy atom. The maximum Gasteiger partial charge on any atom is 0.150 e. The van der Waals surface area contributed by atoms with Crippen molar-refractivity contribution in [2.75, 3.05) is 23.9 Å². The molecule has 2 N–H and O–H groups in total. The predicted molar refractivity (Wildman–Crippen MR) is 87.8 cm³/mol. The van der Waals surface area contributed by atoms with Crippen LogP contribution >= 0.6 is 15.9 Å². The number of benzene rings is 1. The molecule has 0 bridgehead atoms. The molecule has 6 heteroatoms. The van der Waals surface area contributed by atoms with Crippen LogP contribution < -0.4 is 10.6 Å². The first-order valence-corrected chi connectivity index (χ1v) is 9.50. The number of hydrogen-bond acceptors (Lipinski definition) is 4. The van der Waals surface area contributed by atoms with Gasteiger partial charge in [0.1, 0.15) is 9.84 Å². The summed E-state index contributed by atoms with van der Waals surface area (Å²) in [5, 5.41) is -0.222. The first-order valence-electron chi connectivity index (χ1n) is 6.75. The molecular weight excluding hydrogens is 340 g/mol. The molecule has 1 aliphatic carbocycles. The van der Waals surface area contributed by atoms with Crippen molar-refractivity contribution in [1.82, 2.24) is 0 Å². The van der Waals surface area contributed by atoms with E-state index in [-0.39, 0.29) is 11.3 Å². The van der Waals surface area contributed by atoms with E-state index in [1.54, 1.807) is 0 Å². The van der Waals surface area contributed by atoms with Gasteiger partial charge in [-0.1, -0.05) is 22.4 Å². The van der Waals surface area contributed by atoms with E-state index in [0.717, 1.165) is 29.4 Å². The number of halogens is 1. The Morgan fingerprint density at radius 2 is 2.05 bits per heavy atom. The van der Waals surface area contributed by atoms with E-state index >= 15 is 0 Å². The first-order chi connectivity index (χ1) is 9.29. The van der Waals surface area contributed by atoms with Crippen LogP contribution in [0.1, 0.15) is 25.7 Å². The van der Waals surface area contributed by atoms with Crippen LogP contribution in [-0.2, 0) is 9.84 Å². The molecule has 1 aromatic rings. The van der Waals surface area contributed by atoms with Gasteiger partial charge in [0.2, 0.25) is 0 Å². The summed E-state index contributed by atoms with van der Waals surface area (Å²) >= 11 is 3.40. The third-order valence-corrected chi connectivity index (χ3v) is 6.25. The monoisotopic (exact) mass is 360 g/mol. The van der Waals surface area contributed by atoms with Crippen molar-refractivity contribution in [3.63, 3.8) is 0 Å². The predicted octanol–water partition coefficient (Wildman–Crippen LogP) is 2.82. The van der Waals surface area contributed by atoms with E-state index in [4.69, 9.17) is 5.73 Å². The van der Waals surface area contributed by atoms with Gasteiger partial charge in [0, 0.05) is 23.8 Å². The highest BCUT2D eigenvalue weighted by atomic mass is 79.9. The molecule has 0 saturated heterocycles. The van der Waals surface area contributed by atoms with Gasteiger partial charge >= 0.3 is 0 Å². The standard InChI is InChI=1S/C14H21BrN2O2S/c1-17(14-7-6-10(15)8-13(14)16)11-4-3-5-12(9-11)20(2,18)19/h6-8,11-12H,3-5,9,16H2,1-2H3. The van der Waals surface area contributed by atoms with Crippen LogP contribution in [0.25, 0.3) is 0 Å².